The summed E-state index contributed by atoms with van der Waals surface area (Å²) in [6.07, 6.45) is 6.84. The van der Waals surface area contributed by atoms with Gasteiger partial charge in [0.1, 0.15) is 11.5 Å². The van der Waals surface area contributed by atoms with Crippen LogP contribution in [0.3, 0.4) is 0 Å². The molecule has 2 rings (SSSR count). The van der Waals surface area contributed by atoms with Crippen LogP contribution >= 0.6 is 0 Å². The minimum atomic E-state index is -1.08. The molecule has 0 spiro atoms. The number of aliphatic carboxylic acids is 1. The van der Waals surface area contributed by atoms with E-state index in [-0.39, 0.29) is 11.8 Å². The van der Waals surface area contributed by atoms with Gasteiger partial charge < -0.3 is 24.2 Å². The molecule has 7 nitrogen and oxygen atoms in total. The molecule has 33 heavy (non-hydrogen) atoms. The summed E-state index contributed by atoms with van der Waals surface area (Å²) in [5, 5.41) is 9.87. The number of methoxy groups -OCH3 is 2. The summed E-state index contributed by atoms with van der Waals surface area (Å²) in [5.74, 6) is 0.210. The van der Waals surface area contributed by atoms with Crippen LogP contribution in [0.2, 0.25) is 0 Å². The lowest BCUT2D eigenvalue weighted by Gasteiger charge is -2.30. The molecule has 1 aliphatic heterocycles. The Labute approximate surface area is 198 Å². The SMILES string of the molecule is CCCCCCCCCC(=O)N1C(c2ccc(OC)cc2OC)O[C@@H](C(=O)O)[C@@H]1CC(C)C. The summed E-state index contributed by atoms with van der Waals surface area (Å²) in [4.78, 5) is 27.2. The van der Waals surface area contributed by atoms with Crippen molar-refractivity contribution in [2.75, 3.05) is 14.2 Å². The number of amides is 1. The van der Waals surface area contributed by atoms with Crippen molar-refractivity contribution in [2.24, 2.45) is 5.92 Å². The number of unbranched alkanes of at least 4 members (excludes halogenated alkanes) is 6. The second-order valence-electron chi connectivity index (χ2n) is 9.22. The maximum Gasteiger partial charge on any atom is 0.335 e. The van der Waals surface area contributed by atoms with E-state index in [1.165, 1.54) is 32.8 Å². The predicted octanol–water partition coefficient (Wildman–Crippen LogP) is 5.57. The maximum absolute atomic E-state index is 13.4. The first-order valence-corrected chi connectivity index (χ1v) is 12.2. The molecule has 1 unspecified atom stereocenters. The summed E-state index contributed by atoms with van der Waals surface area (Å²) in [7, 11) is 3.11. The average molecular weight is 464 g/mol. The van der Waals surface area contributed by atoms with Crippen LogP contribution in [0.15, 0.2) is 18.2 Å². The summed E-state index contributed by atoms with van der Waals surface area (Å²) in [6, 6.07) is 4.75. The molecule has 0 aromatic heterocycles. The Kier molecular flexibility index (Phi) is 11.0. The van der Waals surface area contributed by atoms with Gasteiger partial charge in [-0.3, -0.25) is 4.79 Å². The van der Waals surface area contributed by atoms with E-state index < -0.39 is 24.3 Å². The van der Waals surface area contributed by atoms with Crippen LogP contribution in [-0.2, 0) is 14.3 Å². The molecule has 0 bridgehead atoms. The van der Waals surface area contributed by atoms with Crippen molar-refractivity contribution in [3.63, 3.8) is 0 Å². The Balaban J connectivity index is 2.25. The van der Waals surface area contributed by atoms with Gasteiger partial charge in [-0.1, -0.05) is 59.3 Å². The second-order valence-corrected chi connectivity index (χ2v) is 9.22. The second kappa shape index (κ2) is 13.4. The fraction of sp³-hybridized carbons (Fsp3) is 0.692. The molecule has 0 saturated carbocycles. The van der Waals surface area contributed by atoms with Crippen LogP contribution in [0, 0.1) is 5.92 Å². The number of carbonyl (C=O) groups is 2. The average Bonchev–Trinajstić information content (AvgIpc) is 3.16. The molecule has 186 valence electrons. The summed E-state index contributed by atoms with van der Waals surface area (Å²) in [5.41, 5.74) is 0.628. The molecule has 1 fully saturated rings. The van der Waals surface area contributed by atoms with Crippen LogP contribution in [0.5, 0.6) is 11.5 Å². The van der Waals surface area contributed by atoms with Crippen LogP contribution in [0.1, 0.15) is 90.3 Å². The highest BCUT2D eigenvalue weighted by atomic mass is 16.6. The zero-order valence-corrected chi connectivity index (χ0v) is 20.8. The molecule has 1 amide bonds. The third-order valence-electron chi connectivity index (χ3n) is 6.18. The Morgan fingerprint density at radius 3 is 2.30 bits per heavy atom. The van der Waals surface area contributed by atoms with Gasteiger partial charge in [-0.2, -0.15) is 0 Å². The normalized spacial score (nSPS) is 20.3. The lowest BCUT2D eigenvalue weighted by molar-refractivity contribution is -0.151. The van der Waals surface area contributed by atoms with E-state index >= 15 is 0 Å². The first-order valence-electron chi connectivity index (χ1n) is 12.2. The third kappa shape index (κ3) is 7.36. The molecule has 1 N–H and O–H groups in total. The van der Waals surface area contributed by atoms with E-state index in [1.807, 2.05) is 13.8 Å². The number of hydrogen-bond acceptors (Lipinski definition) is 5. The van der Waals surface area contributed by atoms with Gasteiger partial charge in [-0.15, -0.1) is 0 Å². The number of ether oxygens (including phenoxy) is 3. The molecule has 1 saturated heterocycles. The molecular weight excluding hydrogens is 422 g/mol. The smallest absolute Gasteiger partial charge is 0.335 e. The van der Waals surface area contributed by atoms with Crippen LogP contribution < -0.4 is 9.47 Å². The first kappa shape index (κ1) is 27.0. The fourth-order valence-electron chi connectivity index (χ4n) is 4.48. The predicted molar refractivity (Wildman–Crippen MR) is 127 cm³/mol. The molecular formula is C26H41NO6. The van der Waals surface area contributed by atoms with E-state index in [2.05, 4.69) is 6.92 Å². The minimum Gasteiger partial charge on any atom is -0.497 e. The highest BCUT2D eigenvalue weighted by Crippen LogP contribution is 2.42. The number of benzene rings is 1. The number of rotatable bonds is 14. The van der Waals surface area contributed by atoms with Gasteiger partial charge in [0.15, 0.2) is 12.3 Å². The van der Waals surface area contributed by atoms with Crippen molar-refractivity contribution in [2.45, 2.75) is 96.9 Å². The van der Waals surface area contributed by atoms with Gasteiger partial charge in [-0.05, 0) is 30.9 Å². The van der Waals surface area contributed by atoms with Crippen molar-refractivity contribution < 1.29 is 28.9 Å². The third-order valence-corrected chi connectivity index (χ3v) is 6.18. The minimum absolute atomic E-state index is 0.0687. The fourth-order valence-corrected chi connectivity index (χ4v) is 4.48. The van der Waals surface area contributed by atoms with Crippen molar-refractivity contribution in [3.05, 3.63) is 23.8 Å². The lowest BCUT2D eigenvalue weighted by atomic mass is 9.97. The number of carboxylic acids is 1. The Bertz CT molecular complexity index is 765. The number of carboxylic acid groups (broad SMARTS) is 1. The van der Waals surface area contributed by atoms with Gasteiger partial charge in [0.05, 0.1) is 20.3 Å². The summed E-state index contributed by atoms with van der Waals surface area (Å²) in [6.45, 7) is 6.25. The van der Waals surface area contributed by atoms with Gasteiger partial charge in [0.2, 0.25) is 5.91 Å². The Morgan fingerprint density at radius 1 is 1.06 bits per heavy atom. The van der Waals surface area contributed by atoms with Crippen molar-refractivity contribution in [3.8, 4) is 11.5 Å². The Hall–Kier alpha value is -2.28. The van der Waals surface area contributed by atoms with E-state index in [4.69, 9.17) is 14.2 Å². The highest BCUT2D eigenvalue weighted by Gasteiger charge is 2.49. The summed E-state index contributed by atoms with van der Waals surface area (Å²) >= 11 is 0. The number of carbonyl (C=O) groups excluding carboxylic acids is 1. The molecule has 0 radical (unpaired) electrons. The molecule has 1 aromatic rings. The maximum atomic E-state index is 13.4. The van der Waals surface area contributed by atoms with Gasteiger partial charge >= 0.3 is 5.97 Å². The molecule has 1 aliphatic rings. The van der Waals surface area contributed by atoms with Gasteiger partial charge in [-0.25, -0.2) is 4.79 Å². The van der Waals surface area contributed by atoms with Crippen molar-refractivity contribution in [1.29, 1.82) is 0 Å². The largest absolute Gasteiger partial charge is 0.497 e. The van der Waals surface area contributed by atoms with E-state index in [0.717, 1.165) is 19.3 Å². The zero-order chi connectivity index (χ0) is 24.4. The number of nitrogens with zero attached hydrogens (tertiary/aromatic N) is 1. The first-order chi connectivity index (χ1) is 15.8. The summed E-state index contributed by atoms with van der Waals surface area (Å²) < 4.78 is 16.9. The molecule has 7 heteroatoms. The molecule has 1 heterocycles. The van der Waals surface area contributed by atoms with Gasteiger partial charge in [0, 0.05) is 18.1 Å². The van der Waals surface area contributed by atoms with Crippen LogP contribution in [-0.4, -0.2) is 48.2 Å². The molecule has 0 aliphatic carbocycles. The van der Waals surface area contributed by atoms with E-state index in [1.54, 1.807) is 30.2 Å². The van der Waals surface area contributed by atoms with Crippen LogP contribution in [0.4, 0.5) is 0 Å². The van der Waals surface area contributed by atoms with Crippen molar-refractivity contribution >= 4 is 11.9 Å². The van der Waals surface area contributed by atoms with Crippen LogP contribution in [0.25, 0.3) is 0 Å². The monoisotopic (exact) mass is 463 g/mol. The lowest BCUT2D eigenvalue weighted by Crippen LogP contribution is -2.43. The van der Waals surface area contributed by atoms with E-state index in [0.29, 0.717) is 29.9 Å². The zero-order valence-electron chi connectivity index (χ0n) is 20.8. The standard InChI is InChI=1S/C26H41NO6/c1-6-7-8-9-10-11-12-13-23(28)27-21(16-18(2)3)24(26(29)30)33-25(27)20-15-14-19(31-4)17-22(20)32-5/h14-15,17-18,21,24-25H,6-13,16H2,1-5H3,(H,29,30)/t21-,24+,25?/m0/s1. The Morgan fingerprint density at radius 2 is 1.73 bits per heavy atom. The van der Waals surface area contributed by atoms with Crippen molar-refractivity contribution in [1.82, 2.24) is 4.90 Å². The quantitative estimate of drug-likeness (QED) is 0.363. The molecule has 1 aromatic carbocycles. The highest BCUT2D eigenvalue weighted by molar-refractivity contribution is 5.80. The topological polar surface area (TPSA) is 85.3 Å². The number of hydrogen-bond donors (Lipinski definition) is 1. The molecule has 3 atom stereocenters. The van der Waals surface area contributed by atoms with E-state index in [9.17, 15) is 14.7 Å². The van der Waals surface area contributed by atoms with Gasteiger partial charge in [0.25, 0.3) is 0 Å².